The van der Waals surface area contributed by atoms with Crippen LogP contribution in [-0.4, -0.2) is 42.2 Å². The summed E-state index contributed by atoms with van der Waals surface area (Å²) in [4.78, 5) is 19.7. The Kier molecular flexibility index (Phi) is 5.61. The molecule has 0 aliphatic heterocycles. The number of benzene rings is 1. The standard InChI is InChI=1S/C10H11ClN2O7S/c11-6-1-2-9(7(5-6)13(17)18)21(19,20)12-4-3-8(14)10(15)16/h1-2,5,8,12,14H,3-4H2,(H,15,16)/t8-/m0/s1. The first-order valence-corrected chi connectivity index (χ1v) is 7.35. The zero-order valence-electron chi connectivity index (χ0n) is 10.4. The number of halogens is 1. The summed E-state index contributed by atoms with van der Waals surface area (Å²) in [6, 6.07) is 3.04. The van der Waals surface area contributed by atoms with Gasteiger partial charge in [-0.3, -0.25) is 10.1 Å². The number of carboxylic acids is 1. The molecule has 0 aliphatic rings. The first-order chi connectivity index (χ1) is 9.65. The van der Waals surface area contributed by atoms with E-state index in [-0.39, 0.29) is 11.4 Å². The summed E-state index contributed by atoms with van der Waals surface area (Å²) >= 11 is 5.57. The molecule has 0 bridgehead atoms. The molecule has 9 nitrogen and oxygen atoms in total. The Labute approximate surface area is 124 Å². The zero-order chi connectivity index (χ0) is 16.2. The van der Waals surface area contributed by atoms with Gasteiger partial charge in [0.15, 0.2) is 11.0 Å². The predicted molar refractivity (Wildman–Crippen MR) is 71.6 cm³/mol. The normalized spacial score (nSPS) is 12.9. The van der Waals surface area contributed by atoms with Crippen LogP contribution >= 0.6 is 11.6 Å². The van der Waals surface area contributed by atoms with Gasteiger partial charge in [-0.1, -0.05) is 11.6 Å². The molecule has 0 radical (unpaired) electrons. The molecule has 0 amide bonds. The van der Waals surface area contributed by atoms with Crippen LogP contribution in [0.4, 0.5) is 5.69 Å². The highest BCUT2D eigenvalue weighted by atomic mass is 35.5. The minimum absolute atomic E-state index is 0.00181. The van der Waals surface area contributed by atoms with Gasteiger partial charge in [0.2, 0.25) is 10.0 Å². The number of aliphatic carboxylic acids is 1. The molecule has 0 aliphatic carbocycles. The third kappa shape index (κ3) is 4.63. The molecule has 11 heteroatoms. The summed E-state index contributed by atoms with van der Waals surface area (Å²) in [5.74, 6) is -1.49. The first kappa shape index (κ1) is 17.3. The highest BCUT2D eigenvalue weighted by Crippen LogP contribution is 2.26. The number of hydrogen-bond acceptors (Lipinski definition) is 6. The van der Waals surface area contributed by atoms with Crippen LogP contribution in [0, 0.1) is 10.1 Å². The van der Waals surface area contributed by atoms with E-state index in [2.05, 4.69) is 0 Å². The summed E-state index contributed by atoms with van der Waals surface area (Å²) in [7, 11) is -4.23. The number of nitrogens with one attached hydrogen (secondary N) is 1. The molecule has 0 heterocycles. The second-order valence-electron chi connectivity index (χ2n) is 3.91. The Bertz CT molecular complexity index is 661. The van der Waals surface area contributed by atoms with Gasteiger partial charge in [0, 0.05) is 17.6 Å². The van der Waals surface area contributed by atoms with Crippen LogP contribution in [-0.2, 0) is 14.8 Å². The van der Waals surface area contributed by atoms with E-state index in [1.165, 1.54) is 6.07 Å². The smallest absolute Gasteiger partial charge is 0.332 e. The van der Waals surface area contributed by atoms with Crippen LogP contribution in [0.5, 0.6) is 0 Å². The van der Waals surface area contributed by atoms with E-state index in [0.29, 0.717) is 0 Å². The quantitative estimate of drug-likeness (QED) is 0.480. The molecule has 21 heavy (non-hydrogen) atoms. The number of hydrogen-bond donors (Lipinski definition) is 3. The lowest BCUT2D eigenvalue weighted by Crippen LogP contribution is -2.30. The number of aliphatic hydroxyl groups excluding tert-OH is 1. The van der Waals surface area contributed by atoms with Gasteiger partial charge in [0.1, 0.15) is 0 Å². The molecule has 0 unspecified atom stereocenters. The zero-order valence-corrected chi connectivity index (χ0v) is 12.0. The lowest BCUT2D eigenvalue weighted by atomic mass is 10.3. The molecule has 0 spiro atoms. The molecular formula is C10H11ClN2O7S. The molecule has 116 valence electrons. The van der Waals surface area contributed by atoms with Crippen molar-refractivity contribution in [3.05, 3.63) is 33.3 Å². The highest BCUT2D eigenvalue weighted by molar-refractivity contribution is 7.89. The molecule has 1 rings (SSSR count). The molecule has 1 aromatic carbocycles. The Morgan fingerprint density at radius 3 is 2.62 bits per heavy atom. The van der Waals surface area contributed by atoms with Crippen molar-refractivity contribution in [1.82, 2.24) is 4.72 Å². The number of nitro benzene ring substituents is 1. The van der Waals surface area contributed by atoms with Crippen molar-refractivity contribution in [2.24, 2.45) is 0 Å². The number of aliphatic hydroxyl groups is 1. The third-order valence-electron chi connectivity index (χ3n) is 2.40. The topological polar surface area (TPSA) is 147 Å². The summed E-state index contributed by atoms with van der Waals surface area (Å²) in [6.45, 7) is -0.393. The number of rotatable bonds is 7. The largest absolute Gasteiger partial charge is 0.479 e. The molecule has 1 aromatic rings. The first-order valence-electron chi connectivity index (χ1n) is 5.49. The van der Waals surface area contributed by atoms with Gasteiger partial charge in [0.05, 0.1) is 4.92 Å². The Balaban J connectivity index is 2.93. The molecule has 0 saturated heterocycles. The van der Waals surface area contributed by atoms with Crippen LogP contribution in [0.3, 0.4) is 0 Å². The van der Waals surface area contributed by atoms with Crippen molar-refractivity contribution in [3.63, 3.8) is 0 Å². The fourth-order valence-electron chi connectivity index (χ4n) is 1.39. The maximum Gasteiger partial charge on any atom is 0.332 e. The lowest BCUT2D eigenvalue weighted by Gasteiger charge is -2.09. The van der Waals surface area contributed by atoms with Crippen LogP contribution in [0.25, 0.3) is 0 Å². The van der Waals surface area contributed by atoms with Crippen LogP contribution < -0.4 is 4.72 Å². The number of nitro groups is 1. The van der Waals surface area contributed by atoms with Gasteiger partial charge in [-0.2, -0.15) is 0 Å². The molecule has 3 N–H and O–H groups in total. The number of sulfonamides is 1. The Morgan fingerprint density at radius 2 is 2.10 bits per heavy atom. The van der Waals surface area contributed by atoms with E-state index >= 15 is 0 Å². The van der Waals surface area contributed by atoms with Crippen molar-refractivity contribution in [2.75, 3.05) is 6.54 Å². The summed E-state index contributed by atoms with van der Waals surface area (Å²) in [5.41, 5.74) is -0.700. The SMILES string of the molecule is O=C(O)[C@@H](O)CCNS(=O)(=O)c1ccc(Cl)cc1[N+](=O)[O-]. The maximum absolute atomic E-state index is 11.9. The van der Waals surface area contributed by atoms with Crippen molar-refractivity contribution < 1.29 is 28.3 Å². The van der Waals surface area contributed by atoms with Crippen LogP contribution in [0.1, 0.15) is 6.42 Å². The van der Waals surface area contributed by atoms with E-state index < -0.39 is 44.1 Å². The van der Waals surface area contributed by atoms with E-state index in [0.717, 1.165) is 12.1 Å². The van der Waals surface area contributed by atoms with Crippen molar-refractivity contribution >= 4 is 33.3 Å². The van der Waals surface area contributed by atoms with Crippen molar-refractivity contribution in [2.45, 2.75) is 17.4 Å². The second-order valence-corrected chi connectivity index (χ2v) is 6.08. The van der Waals surface area contributed by atoms with E-state index in [1.807, 2.05) is 4.72 Å². The molecule has 1 atom stereocenters. The van der Waals surface area contributed by atoms with Gasteiger partial charge in [-0.15, -0.1) is 0 Å². The van der Waals surface area contributed by atoms with Crippen molar-refractivity contribution in [1.29, 1.82) is 0 Å². The molecule has 0 aromatic heterocycles. The Hall–Kier alpha value is -1.75. The van der Waals surface area contributed by atoms with Crippen molar-refractivity contribution in [3.8, 4) is 0 Å². The fourth-order valence-corrected chi connectivity index (χ4v) is 2.76. The molecule has 0 saturated carbocycles. The minimum Gasteiger partial charge on any atom is -0.479 e. The lowest BCUT2D eigenvalue weighted by molar-refractivity contribution is -0.387. The predicted octanol–water partition coefficient (Wildman–Crippen LogP) is 0.362. The minimum atomic E-state index is -4.23. The number of carbonyl (C=O) groups is 1. The average Bonchev–Trinajstić information content (AvgIpc) is 2.37. The number of nitrogens with zero attached hydrogens (tertiary/aromatic N) is 1. The third-order valence-corrected chi connectivity index (χ3v) is 4.15. The van der Waals surface area contributed by atoms with Crippen LogP contribution in [0.15, 0.2) is 23.1 Å². The summed E-state index contributed by atoms with van der Waals surface area (Å²) < 4.78 is 25.8. The van der Waals surface area contributed by atoms with E-state index in [9.17, 15) is 23.3 Å². The van der Waals surface area contributed by atoms with Gasteiger partial charge in [0.25, 0.3) is 5.69 Å². The van der Waals surface area contributed by atoms with E-state index in [4.69, 9.17) is 21.8 Å². The second kappa shape index (κ2) is 6.80. The summed E-state index contributed by atoms with van der Waals surface area (Å²) in [6.07, 6.45) is -2.11. The van der Waals surface area contributed by atoms with E-state index in [1.54, 1.807) is 0 Å². The van der Waals surface area contributed by atoms with Gasteiger partial charge in [-0.05, 0) is 18.6 Å². The number of carboxylic acid groups (broad SMARTS) is 1. The van der Waals surface area contributed by atoms with Crippen LogP contribution in [0.2, 0.25) is 5.02 Å². The monoisotopic (exact) mass is 338 g/mol. The van der Waals surface area contributed by atoms with Gasteiger partial charge in [-0.25, -0.2) is 17.9 Å². The molecule has 0 fully saturated rings. The fraction of sp³-hybridized carbons (Fsp3) is 0.300. The highest BCUT2D eigenvalue weighted by Gasteiger charge is 2.26. The maximum atomic E-state index is 11.9. The van der Waals surface area contributed by atoms with Gasteiger partial charge < -0.3 is 10.2 Å². The average molecular weight is 339 g/mol. The summed E-state index contributed by atoms with van der Waals surface area (Å²) in [5, 5.41) is 28.3. The van der Waals surface area contributed by atoms with Gasteiger partial charge >= 0.3 is 5.97 Å². The molecular weight excluding hydrogens is 328 g/mol. The Morgan fingerprint density at radius 1 is 1.48 bits per heavy atom.